The number of nitrogens with two attached hydrogens (primary N) is 1. The highest BCUT2D eigenvalue weighted by molar-refractivity contribution is 5.83. The number of anilines is 1. The highest BCUT2D eigenvalue weighted by atomic mass is 15.2. The van der Waals surface area contributed by atoms with E-state index in [1.807, 2.05) is 30.6 Å². The molecular weight excluding hydrogens is 498 g/mol. The van der Waals surface area contributed by atoms with Gasteiger partial charge in [-0.2, -0.15) is 15.5 Å². The molecule has 0 saturated heterocycles. The maximum absolute atomic E-state index is 9.56. The standard InChI is InChI=1S/C23H26N8.C7H14.CH5N/c1-3-5-6-10-30(9-4-2)21-8-7-17(12-25-21)22-23-18(11-24)15-28-31(23)16-20(29-22)19-13-26-27-14-19;1-5-6-7(2,3)4;1-2/h7-8,12-16H,3-6,9-10H2,1-2H3,(H,26,27);5H,1,6H2,2-4H3;2H2,1H3. The summed E-state index contributed by atoms with van der Waals surface area (Å²) in [6.07, 6.45) is 16.4. The van der Waals surface area contributed by atoms with E-state index in [1.54, 1.807) is 23.1 Å². The number of fused-ring (bicyclic) bond motifs is 1. The molecule has 9 heteroatoms. The lowest BCUT2D eigenvalue weighted by Crippen LogP contribution is -2.26. The zero-order valence-electron chi connectivity index (χ0n) is 25.0. The number of rotatable bonds is 10. The van der Waals surface area contributed by atoms with Crippen molar-refractivity contribution >= 4 is 11.3 Å². The van der Waals surface area contributed by atoms with Crippen molar-refractivity contribution in [1.29, 1.82) is 5.26 Å². The van der Waals surface area contributed by atoms with Crippen LogP contribution in [0.2, 0.25) is 0 Å². The molecule has 0 aliphatic heterocycles. The van der Waals surface area contributed by atoms with Gasteiger partial charge in [0.05, 0.1) is 30.0 Å². The van der Waals surface area contributed by atoms with Gasteiger partial charge in [0.25, 0.3) is 0 Å². The number of unbranched alkanes of at least 4 members (excludes halogenated alkanes) is 2. The van der Waals surface area contributed by atoms with Gasteiger partial charge >= 0.3 is 0 Å². The van der Waals surface area contributed by atoms with Crippen LogP contribution in [0.25, 0.3) is 28.0 Å². The first-order chi connectivity index (χ1) is 19.3. The molecule has 214 valence electrons. The minimum absolute atomic E-state index is 0.432. The molecule has 0 aliphatic carbocycles. The van der Waals surface area contributed by atoms with Gasteiger partial charge in [0.2, 0.25) is 0 Å². The van der Waals surface area contributed by atoms with Crippen LogP contribution in [0.4, 0.5) is 5.82 Å². The van der Waals surface area contributed by atoms with Gasteiger partial charge in [-0.15, -0.1) is 6.58 Å². The summed E-state index contributed by atoms with van der Waals surface area (Å²) in [5.41, 5.74) is 9.20. The van der Waals surface area contributed by atoms with E-state index in [-0.39, 0.29) is 0 Å². The Morgan fingerprint density at radius 3 is 2.38 bits per heavy atom. The molecule has 40 heavy (non-hydrogen) atoms. The molecule has 9 nitrogen and oxygen atoms in total. The second-order valence-corrected chi connectivity index (χ2v) is 10.6. The number of allylic oxidation sites excluding steroid dienone is 1. The second kappa shape index (κ2) is 16.2. The molecular formula is C31H45N9. The van der Waals surface area contributed by atoms with Gasteiger partial charge in [0.15, 0.2) is 0 Å². The van der Waals surface area contributed by atoms with E-state index in [2.05, 4.69) is 73.2 Å². The predicted octanol–water partition coefficient (Wildman–Crippen LogP) is 6.64. The number of aromatic amines is 1. The van der Waals surface area contributed by atoms with Crippen molar-refractivity contribution in [3.63, 3.8) is 0 Å². The Balaban J connectivity index is 0.000000545. The smallest absolute Gasteiger partial charge is 0.128 e. The molecule has 4 aromatic rings. The Hall–Kier alpha value is -4.03. The predicted molar refractivity (Wildman–Crippen MR) is 165 cm³/mol. The number of pyridine rings is 1. The lowest BCUT2D eigenvalue weighted by Gasteiger charge is -2.23. The summed E-state index contributed by atoms with van der Waals surface area (Å²) in [7, 11) is 1.50. The van der Waals surface area contributed by atoms with E-state index in [0.717, 1.165) is 55.0 Å². The van der Waals surface area contributed by atoms with Gasteiger partial charge < -0.3 is 10.6 Å². The molecule has 0 aromatic carbocycles. The number of hydrogen-bond donors (Lipinski definition) is 2. The van der Waals surface area contributed by atoms with Crippen molar-refractivity contribution in [3.8, 4) is 28.6 Å². The zero-order valence-corrected chi connectivity index (χ0v) is 25.0. The first kappa shape index (κ1) is 32.2. The summed E-state index contributed by atoms with van der Waals surface area (Å²) in [5, 5.41) is 20.7. The Morgan fingerprint density at radius 1 is 1.07 bits per heavy atom. The number of H-pyrrole nitrogens is 1. The number of nitrogens with one attached hydrogen (secondary N) is 1. The summed E-state index contributed by atoms with van der Waals surface area (Å²) >= 11 is 0. The van der Waals surface area contributed by atoms with Crippen LogP contribution in [-0.4, -0.2) is 49.9 Å². The fourth-order valence-electron chi connectivity index (χ4n) is 4.14. The van der Waals surface area contributed by atoms with Crippen molar-refractivity contribution in [2.75, 3.05) is 25.0 Å². The SMILES string of the molecule is C=CCC(C)(C)C.CCCCCN(CCC)c1ccc(-c2nc(-c3cn[nH]c3)cn3ncc(C#N)c23)cn1.CN. The van der Waals surface area contributed by atoms with Crippen molar-refractivity contribution in [3.05, 3.63) is 61.3 Å². The topological polar surface area (TPSA) is 125 Å². The first-order valence-corrected chi connectivity index (χ1v) is 14.0. The van der Waals surface area contributed by atoms with Crippen molar-refractivity contribution < 1.29 is 0 Å². The molecule has 0 bridgehead atoms. The van der Waals surface area contributed by atoms with Crippen LogP contribution in [0.15, 0.2) is 55.8 Å². The van der Waals surface area contributed by atoms with Gasteiger partial charge in [-0.25, -0.2) is 14.5 Å². The van der Waals surface area contributed by atoms with E-state index in [1.165, 1.54) is 19.9 Å². The number of nitrogens with zero attached hydrogens (tertiary/aromatic N) is 7. The molecule has 0 amide bonds. The van der Waals surface area contributed by atoms with Crippen molar-refractivity contribution in [2.45, 2.75) is 66.7 Å². The Bertz CT molecular complexity index is 1320. The average Bonchev–Trinajstić information content (AvgIpc) is 3.64. The van der Waals surface area contributed by atoms with Crippen LogP contribution in [0.1, 0.15) is 72.3 Å². The van der Waals surface area contributed by atoms with Gasteiger partial charge in [0.1, 0.15) is 23.0 Å². The van der Waals surface area contributed by atoms with E-state index < -0.39 is 0 Å². The lowest BCUT2D eigenvalue weighted by molar-refractivity contribution is 0.421. The summed E-state index contributed by atoms with van der Waals surface area (Å²) in [6.45, 7) is 16.6. The molecule has 3 N–H and O–H groups in total. The lowest BCUT2D eigenvalue weighted by atomic mass is 9.93. The van der Waals surface area contributed by atoms with Crippen LogP contribution in [0, 0.1) is 16.7 Å². The summed E-state index contributed by atoms with van der Waals surface area (Å²) in [5.74, 6) is 0.970. The quantitative estimate of drug-likeness (QED) is 0.170. The van der Waals surface area contributed by atoms with Gasteiger partial charge in [-0.1, -0.05) is 53.5 Å². The molecule has 0 fully saturated rings. The molecule has 0 spiro atoms. The summed E-state index contributed by atoms with van der Waals surface area (Å²) < 4.78 is 1.70. The normalized spacial score (nSPS) is 10.7. The van der Waals surface area contributed by atoms with E-state index in [0.29, 0.717) is 22.2 Å². The van der Waals surface area contributed by atoms with Gasteiger partial charge in [0, 0.05) is 36.6 Å². The third kappa shape index (κ3) is 9.02. The highest BCUT2D eigenvalue weighted by Crippen LogP contribution is 2.29. The van der Waals surface area contributed by atoms with E-state index in [9.17, 15) is 5.26 Å². The van der Waals surface area contributed by atoms with Gasteiger partial charge in [-0.05, 0) is 43.9 Å². The van der Waals surface area contributed by atoms with Crippen LogP contribution < -0.4 is 10.6 Å². The first-order valence-electron chi connectivity index (χ1n) is 14.0. The molecule has 0 radical (unpaired) electrons. The van der Waals surface area contributed by atoms with E-state index >= 15 is 0 Å². The summed E-state index contributed by atoms with van der Waals surface area (Å²) in [6, 6.07) is 6.29. The zero-order chi connectivity index (χ0) is 29.5. The third-order valence-electron chi connectivity index (χ3n) is 6.04. The highest BCUT2D eigenvalue weighted by Gasteiger charge is 2.17. The minimum Gasteiger partial charge on any atom is -0.357 e. The molecule has 4 aromatic heterocycles. The van der Waals surface area contributed by atoms with Crippen LogP contribution >= 0.6 is 0 Å². The maximum Gasteiger partial charge on any atom is 0.128 e. The Labute approximate surface area is 239 Å². The number of aromatic nitrogens is 6. The fraction of sp³-hybridized carbons (Fsp3) is 0.452. The molecule has 0 saturated carbocycles. The molecule has 0 atom stereocenters. The third-order valence-corrected chi connectivity index (χ3v) is 6.04. The molecule has 0 unspecified atom stereocenters. The molecule has 4 rings (SSSR count). The minimum atomic E-state index is 0.432. The maximum atomic E-state index is 9.56. The van der Waals surface area contributed by atoms with Gasteiger partial charge in [-0.3, -0.25) is 5.10 Å². The summed E-state index contributed by atoms with van der Waals surface area (Å²) in [4.78, 5) is 11.9. The molecule has 0 aliphatic rings. The van der Waals surface area contributed by atoms with Crippen molar-refractivity contribution in [1.82, 2.24) is 29.8 Å². The Kier molecular flexibility index (Phi) is 13.0. The van der Waals surface area contributed by atoms with Crippen molar-refractivity contribution in [2.24, 2.45) is 11.1 Å². The Morgan fingerprint density at radius 2 is 1.85 bits per heavy atom. The second-order valence-electron chi connectivity index (χ2n) is 10.6. The van der Waals surface area contributed by atoms with Crippen LogP contribution in [0.3, 0.4) is 0 Å². The fourth-order valence-corrected chi connectivity index (χ4v) is 4.14. The number of nitriles is 1. The number of hydrogen-bond acceptors (Lipinski definition) is 7. The van der Waals surface area contributed by atoms with E-state index in [4.69, 9.17) is 9.97 Å². The average molecular weight is 544 g/mol. The largest absolute Gasteiger partial charge is 0.357 e. The van der Waals surface area contributed by atoms with Crippen LogP contribution in [0.5, 0.6) is 0 Å². The monoisotopic (exact) mass is 543 g/mol. The molecule has 4 heterocycles. The van der Waals surface area contributed by atoms with Crippen LogP contribution in [-0.2, 0) is 0 Å².